The number of anilines is 1. The van der Waals surface area contributed by atoms with Gasteiger partial charge in [0.05, 0.1) is 35.2 Å². The molecule has 1 aliphatic rings. The van der Waals surface area contributed by atoms with Crippen molar-refractivity contribution in [2.45, 2.75) is 29.6 Å². The first-order valence-corrected chi connectivity index (χ1v) is 13.1. The maximum absolute atomic E-state index is 12.7. The van der Waals surface area contributed by atoms with Gasteiger partial charge in [-0.25, -0.2) is 21.6 Å². The molecule has 0 bridgehead atoms. The van der Waals surface area contributed by atoms with Gasteiger partial charge in [-0.3, -0.25) is 4.72 Å². The molecule has 1 heterocycles. The smallest absolute Gasteiger partial charge is 0.338 e. The minimum atomic E-state index is -3.95. The SMILES string of the molecule is CCCCOC(=O)c1ccc(NS(=O)(=O)c2ccc(S(=O)(=O)N3CCOCC3)cc2)cc1. The maximum Gasteiger partial charge on any atom is 0.338 e. The van der Waals surface area contributed by atoms with Gasteiger partial charge in [-0.1, -0.05) is 13.3 Å². The molecule has 1 N–H and O–H groups in total. The van der Waals surface area contributed by atoms with Gasteiger partial charge < -0.3 is 9.47 Å². The van der Waals surface area contributed by atoms with Gasteiger partial charge in [0, 0.05) is 18.8 Å². The maximum atomic E-state index is 12.7. The van der Waals surface area contributed by atoms with Crippen molar-refractivity contribution in [1.82, 2.24) is 4.31 Å². The molecule has 1 aliphatic heterocycles. The minimum Gasteiger partial charge on any atom is -0.462 e. The van der Waals surface area contributed by atoms with Crippen LogP contribution in [0.5, 0.6) is 0 Å². The molecular formula is C21H26N2O7S2. The number of hydrogen-bond donors (Lipinski definition) is 1. The van der Waals surface area contributed by atoms with Crippen LogP contribution in [-0.2, 0) is 29.5 Å². The van der Waals surface area contributed by atoms with Crippen LogP contribution in [0.4, 0.5) is 5.69 Å². The first-order valence-electron chi connectivity index (χ1n) is 10.2. The fourth-order valence-electron chi connectivity index (χ4n) is 3.01. The number of sulfonamides is 2. The molecule has 0 unspecified atom stereocenters. The summed E-state index contributed by atoms with van der Waals surface area (Å²) in [4.78, 5) is 11.9. The number of esters is 1. The highest BCUT2D eigenvalue weighted by Gasteiger charge is 2.26. The Balaban J connectivity index is 1.68. The van der Waals surface area contributed by atoms with Crippen LogP contribution in [0.15, 0.2) is 58.3 Å². The van der Waals surface area contributed by atoms with Crippen molar-refractivity contribution in [3.8, 4) is 0 Å². The van der Waals surface area contributed by atoms with Gasteiger partial charge in [0.25, 0.3) is 10.0 Å². The largest absolute Gasteiger partial charge is 0.462 e. The van der Waals surface area contributed by atoms with Gasteiger partial charge >= 0.3 is 5.97 Å². The van der Waals surface area contributed by atoms with Gasteiger partial charge in [0.1, 0.15) is 0 Å². The lowest BCUT2D eigenvalue weighted by atomic mass is 10.2. The van der Waals surface area contributed by atoms with E-state index in [1.165, 1.54) is 52.8 Å². The summed E-state index contributed by atoms with van der Waals surface area (Å²) in [6, 6.07) is 10.9. The van der Waals surface area contributed by atoms with Crippen molar-refractivity contribution < 1.29 is 31.1 Å². The summed E-state index contributed by atoms with van der Waals surface area (Å²) in [7, 11) is -7.66. The number of ether oxygens (including phenoxy) is 2. The number of carbonyl (C=O) groups is 1. The average molecular weight is 483 g/mol. The zero-order valence-corrected chi connectivity index (χ0v) is 19.3. The number of hydrogen-bond acceptors (Lipinski definition) is 7. The quantitative estimate of drug-likeness (QED) is 0.431. The molecule has 3 rings (SSSR count). The standard InChI is InChI=1S/C21H26N2O7S2/c1-2-3-14-30-21(24)17-4-6-18(7-5-17)22-31(25,26)19-8-10-20(11-9-19)32(27,28)23-12-15-29-16-13-23/h4-11,22H,2-3,12-16H2,1H3. The Morgan fingerprint density at radius 2 is 1.56 bits per heavy atom. The van der Waals surface area contributed by atoms with Crippen LogP contribution in [0.3, 0.4) is 0 Å². The van der Waals surface area contributed by atoms with Crippen LogP contribution in [0.25, 0.3) is 0 Å². The van der Waals surface area contributed by atoms with Gasteiger partial charge in [0.15, 0.2) is 0 Å². The Morgan fingerprint density at radius 1 is 0.969 bits per heavy atom. The zero-order valence-electron chi connectivity index (χ0n) is 17.7. The first-order chi connectivity index (χ1) is 15.2. The van der Waals surface area contributed by atoms with E-state index in [0.29, 0.717) is 25.4 Å². The van der Waals surface area contributed by atoms with Crippen molar-refractivity contribution in [2.24, 2.45) is 0 Å². The summed E-state index contributed by atoms with van der Waals surface area (Å²) < 4.78 is 64.7. The molecule has 32 heavy (non-hydrogen) atoms. The second kappa shape index (κ2) is 10.4. The van der Waals surface area contributed by atoms with Crippen molar-refractivity contribution in [3.05, 3.63) is 54.1 Å². The highest BCUT2D eigenvalue weighted by molar-refractivity contribution is 7.92. The molecule has 0 saturated carbocycles. The predicted octanol–water partition coefficient (Wildman–Crippen LogP) is 2.47. The second-order valence-corrected chi connectivity index (χ2v) is 10.8. The third kappa shape index (κ3) is 5.85. The Labute approximate surface area is 188 Å². The fraction of sp³-hybridized carbons (Fsp3) is 0.381. The molecule has 9 nitrogen and oxygen atoms in total. The van der Waals surface area contributed by atoms with E-state index >= 15 is 0 Å². The van der Waals surface area contributed by atoms with Crippen molar-refractivity contribution in [1.29, 1.82) is 0 Å². The van der Waals surface area contributed by atoms with E-state index in [1.54, 1.807) is 0 Å². The van der Waals surface area contributed by atoms with Gasteiger partial charge in [-0.15, -0.1) is 0 Å². The molecule has 174 valence electrons. The molecular weight excluding hydrogens is 456 g/mol. The molecule has 11 heteroatoms. The molecule has 0 amide bonds. The topological polar surface area (TPSA) is 119 Å². The zero-order chi connectivity index (χ0) is 23.2. The third-order valence-electron chi connectivity index (χ3n) is 4.85. The number of nitrogens with one attached hydrogen (secondary N) is 1. The van der Waals surface area contributed by atoms with E-state index in [0.717, 1.165) is 12.8 Å². The number of carbonyl (C=O) groups excluding carboxylic acids is 1. The molecule has 0 radical (unpaired) electrons. The van der Waals surface area contributed by atoms with Crippen LogP contribution >= 0.6 is 0 Å². The molecule has 0 atom stereocenters. The summed E-state index contributed by atoms with van der Waals surface area (Å²) in [5, 5.41) is 0. The van der Waals surface area contributed by atoms with E-state index < -0.39 is 26.0 Å². The molecule has 0 spiro atoms. The number of rotatable bonds is 9. The van der Waals surface area contributed by atoms with Crippen molar-refractivity contribution in [3.63, 3.8) is 0 Å². The van der Waals surface area contributed by atoms with Gasteiger partial charge in [-0.2, -0.15) is 4.31 Å². The number of benzene rings is 2. The van der Waals surface area contributed by atoms with E-state index in [9.17, 15) is 21.6 Å². The van der Waals surface area contributed by atoms with Crippen molar-refractivity contribution >= 4 is 31.7 Å². The normalized spacial score (nSPS) is 15.3. The molecule has 2 aromatic carbocycles. The Hall–Kier alpha value is -2.47. The lowest BCUT2D eigenvalue weighted by Crippen LogP contribution is -2.40. The minimum absolute atomic E-state index is 0.0179. The first kappa shape index (κ1) is 24.2. The molecule has 2 aromatic rings. The highest BCUT2D eigenvalue weighted by atomic mass is 32.2. The predicted molar refractivity (Wildman–Crippen MR) is 118 cm³/mol. The van der Waals surface area contributed by atoms with Crippen LogP contribution in [0.1, 0.15) is 30.1 Å². The summed E-state index contributed by atoms with van der Waals surface area (Å²) in [6.07, 6.45) is 1.68. The molecule has 0 aromatic heterocycles. The van der Waals surface area contributed by atoms with Crippen LogP contribution in [-0.4, -0.2) is 60.0 Å². The Bertz CT molecular complexity index is 1120. The summed E-state index contributed by atoms with van der Waals surface area (Å²) >= 11 is 0. The van der Waals surface area contributed by atoms with Crippen LogP contribution in [0.2, 0.25) is 0 Å². The number of unbranched alkanes of at least 4 members (excludes halogenated alkanes) is 1. The van der Waals surface area contributed by atoms with Gasteiger partial charge in [0.2, 0.25) is 10.0 Å². The Kier molecular flexibility index (Phi) is 7.88. The molecule has 1 saturated heterocycles. The monoisotopic (exact) mass is 482 g/mol. The van der Waals surface area contributed by atoms with Crippen molar-refractivity contribution in [2.75, 3.05) is 37.6 Å². The summed E-state index contributed by atoms with van der Waals surface area (Å²) in [5.41, 5.74) is 0.585. The van der Waals surface area contributed by atoms with E-state index in [1.807, 2.05) is 6.92 Å². The summed E-state index contributed by atoms with van der Waals surface area (Å²) in [5.74, 6) is -0.468. The lowest BCUT2D eigenvalue weighted by Gasteiger charge is -2.26. The molecule has 1 fully saturated rings. The van der Waals surface area contributed by atoms with E-state index in [2.05, 4.69) is 4.72 Å². The molecule has 0 aliphatic carbocycles. The lowest BCUT2D eigenvalue weighted by molar-refractivity contribution is 0.0499. The van der Waals surface area contributed by atoms with E-state index in [4.69, 9.17) is 9.47 Å². The summed E-state index contributed by atoms with van der Waals surface area (Å²) in [6.45, 7) is 3.49. The number of nitrogens with zero attached hydrogens (tertiary/aromatic N) is 1. The van der Waals surface area contributed by atoms with Crippen LogP contribution in [0, 0.1) is 0 Å². The average Bonchev–Trinajstić information content (AvgIpc) is 2.80. The number of morpholine rings is 1. The highest BCUT2D eigenvalue weighted by Crippen LogP contribution is 2.21. The van der Waals surface area contributed by atoms with E-state index in [-0.39, 0.29) is 28.6 Å². The Morgan fingerprint density at radius 3 is 2.16 bits per heavy atom. The van der Waals surface area contributed by atoms with Gasteiger partial charge in [-0.05, 0) is 55.0 Å². The third-order valence-corrected chi connectivity index (χ3v) is 8.16. The van der Waals surface area contributed by atoms with Crippen LogP contribution < -0.4 is 4.72 Å². The second-order valence-electron chi connectivity index (χ2n) is 7.16. The fourth-order valence-corrected chi connectivity index (χ4v) is 5.47.